The molecule has 0 saturated heterocycles. The minimum atomic E-state index is 0. The molecule has 0 saturated carbocycles. The second-order valence-corrected chi connectivity index (χ2v) is 6.36. The Morgan fingerprint density at radius 2 is 1.42 bits per heavy atom. The van der Waals surface area contributed by atoms with Crippen LogP contribution in [0.5, 0.6) is 5.75 Å². The molecule has 26 heavy (non-hydrogen) atoms. The molecule has 0 fully saturated rings. The zero-order chi connectivity index (χ0) is 17.3. The summed E-state index contributed by atoms with van der Waals surface area (Å²) in [5.41, 5.74) is 3.63. The fraction of sp³-hybridized carbons (Fsp3) is 0.182. The van der Waals surface area contributed by atoms with Gasteiger partial charge in [-0.1, -0.05) is 78.3 Å². The van der Waals surface area contributed by atoms with Crippen LogP contribution in [-0.4, -0.2) is 6.54 Å². The molecule has 0 bridgehead atoms. The molecule has 0 heterocycles. The van der Waals surface area contributed by atoms with Crippen molar-refractivity contribution >= 4 is 24.0 Å². The monoisotopic (exact) mass is 387 g/mol. The van der Waals surface area contributed by atoms with Crippen molar-refractivity contribution in [1.82, 2.24) is 5.32 Å². The van der Waals surface area contributed by atoms with Crippen LogP contribution in [0.1, 0.15) is 16.7 Å². The summed E-state index contributed by atoms with van der Waals surface area (Å²) in [6.07, 6.45) is 1.02. The lowest BCUT2D eigenvalue weighted by atomic mass is 10.1. The highest BCUT2D eigenvalue weighted by Gasteiger charge is 2.04. The molecule has 3 aromatic rings. The summed E-state index contributed by atoms with van der Waals surface area (Å²) < 4.78 is 5.81. The zero-order valence-electron chi connectivity index (χ0n) is 14.5. The molecule has 3 aromatic carbocycles. The molecule has 0 aliphatic heterocycles. The van der Waals surface area contributed by atoms with Gasteiger partial charge in [0, 0.05) is 6.54 Å². The average molecular weight is 388 g/mol. The fourth-order valence-corrected chi connectivity index (χ4v) is 2.87. The van der Waals surface area contributed by atoms with Gasteiger partial charge in [0.05, 0.1) is 5.02 Å². The summed E-state index contributed by atoms with van der Waals surface area (Å²) >= 11 is 6.35. The van der Waals surface area contributed by atoms with E-state index in [2.05, 4.69) is 35.6 Å². The van der Waals surface area contributed by atoms with Gasteiger partial charge < -0.3 is 10.1 Å². The molecular formula is C22H23Cl2NO. The maximum atomic E-state index is 6.35. The summed E-state index contributed by atoms with van der Waals surface area (Å²) in [4.78, 5) is 0. The van der Waals surface area contributed by atoms with Gasteiger partial charge in [0.15, 0.2) is 0 Å². The first-order chi connectivity index (χ1) is 12.3. The number of hydrogen-bond donors (Lipinski definition) is 1. The first-order valence-corrected chi connectivity index (χ1v) is 8.89. The largest absolute Gasteiger partial charge is 0.487 e. The van der Waals surface area contributed by atoms with Crippen molar-refractivity contribution in [2.75, 3.05) is 6.54 Å². The van der Waals surface area contributed by atoms with E-state index in [1.807, 2.05) is 48.5 Å². The molecule has 136 valence electrons. The summed E-state index contributed by atoms with van der Waals surface area (Å²) in [6, 6.07) is 26.5. The van der Waals surface area contributed by atoms with Gasteiger partial charge in [0.1, 0.15) is 12.4 Å². The van der Waals surface area contributed by atoms with Crippen LogP contribution >= 0.6 is 24.0 Å². The Balaban J connectivity index is 0.00000243. The maximum Gasteiger partial charge on any atom is 0.138 e. The molecule has 2 nitrogen and oxygen atoms in total. The first-order valence-electron chi connectivity index (χ1n) is 8.51. The van der Waals surface area contributed by atoms with E-state index < -0.39 is 0 Å². The molecule has 1 N–H and O–H groups in total. The highest BCUT2D eigenvalue weighted by Crippen LogP contribution is 2.26. The third-order valence-corrected chi connectivity index (χ3v) is 4.29. The van der Waals surface area contributed by atoms with E-state index in [-0.39, 0.29) is 12.4 Å². The molecule has 0 aromatic heterocycles. The van der Waals surface area contributed by atoms with Crippen molar-refractivity contribution in [1.29, 1.82) is 0 Å². The first kappa shape index (κ1) is 20.3. The Hall–Kier alpha value is -2.00. The van der Waals surface area contributed by atoms with Crippen molar-refractivity contribution in [3.05, 3.63) is 101 Å². The predicted molar refractivity (Wildman–Crippen MR) is 111 cm³/mol. The average Bonchev–Trinajstić information content (AvgIpc) is 2.66. The van der Waals surface area contributed by atoms with Crippen molar-refractivity contribution in [2.24, 2.45) is 0 Å². The van der Waals surface area contributed by atoms with Crippen molar-refractivity contribution in [3.63, 3.8) is 0 Å². The minimum Gasteiger partial charge on any atom is -0.487 e. The number of halogens is 2. The van der Waals surface area contributed by atoms with Gasteiger partial charge in [0.25, 0.3) is 0 Å². The van der Waals surface area contributed by atoms with Gasteiger partial charge in [-0.25, -0.2) is 0 Å². The van der Waals surface area contributed by atoms with E-state index in [0.717, 1.165) is 36.4 Å². The Morgan fingerprint density at radius 3 is 2.08 bits per heavy atom. The molecule has 0 spiro atoms. The SMILES string of the molecule is Cl.Clc1cc(CNCCc2ccccc2)ccc1OCc1ccccc1. The van der Waals surface area contributed by atoms with Gasteiger partial charge >= 0.3 is 0 Å². The van der Waals surface area contributed by atoms with E-state index in [1.165, 1.54) is 5.56 Å². The van der Waals surface area contributed by atoms with E-state index in [1.54, 1.807) is 0 Å². The lowest BCUT2D eigenvalue weighted by Gasteiger charge is -2.10. The van der Waals surface area contributed by atoms with Crippen LogP contribution in [0.4, 0.5) is 0 Å². The number of nitrogens with one attached hydrogen (secondary N) is 1. The van der Waals surface area contributed by atoms with Gasteiger partial charge in [-0.15, -0.1) is 12.4 Å². The van der Waals surface area contributed by atoms with Gasteiger partial charge in [-0.3, -0.25) is 0 Å². The van der Waals surface area contributed by atoms with Crippen LogP contribution in [0.15, 0.2) is 78.9 Å². The van der Waals surface area contributed by atoms with Crippen molar-refractivity contribution < 1.29 is 4.74 Å². The molecule has 0 unspecified atom stereocenters. The quantitative estimate of drug-likeness (QED) is 0.502. The third kappa shape index (κ3) is 6.38. The maximum absolute atomic E-state index is 6.35. The molecular weight excluding hydrogens is 365 g/mol. The number of benzene rings is 3. The Labute approximate surface area is 166 Å². The highest BCUT2D eigenvalue weighted by molar-refractivity contribution is 6.32. The van der Waals surface area contributed by atoms with Gasteiger partial charge in [0.2, 0.25) is 0 Å². The Morgan fingerprint density at radius 1 is 0.769 bits per heavy atom. The lowest BCUT2D eigenvalue weighted by molar-refractivity contribution is 0.306. The second kappa shape index (κ2) is 10.9. The summed E-state index contributed by atoms with van der Waals surface area (Å²) in [5, 5.41) is 4.11. The Kier molecular flexibility index (Phi) is 8.49. The van der Waals surface area contributed by atoms with E-state index in [9.17, 15) is 0 Å². The van der Waals surface area contributed by atoms with E-state index in [4.69, 9.17) is 16.3 Å². The summed E-state index contributed by atoms with van der Waals surface area (Å²) in [5.74, 6) is 0.721. The number of hydrogen-bond acceptors (Lipinski definition) is 2. The molecule has 3 rings (SSSR count). The molecule has 0 aliphatic carbocycles. The smallest absolute Gasteiger partial charge is 0.138 e. The van der Waals surface area contributed by atoms with Gasteiger partial charge in [-0.05, 0) is 41.8 Å². The predicted octanol–water partition coefficient (Wildman–Crippen LogP) is 5.67. The zero-order valence-corrected chi connectivity index (χ0v) is 16.1. The highest BCUT2D eigenvalue weighted by atomic mass is 35.5. The van der Waals surface area contributed by atoms with Crippen molar-refractivity contribution in [2.45, 2.75) is 19.6 Å². The Bertz CT molecular complexity index is 779. The number of ether oxygens (including phenoxy) is 1. The van der Waals surface area contributed by atoms with Crippen LogP contribution in [0, 0.1) is 0 Å². The van der Waals surface area contributed by atoms with Crippen LogP contribution in [-0.2, 0) is 19.6 Å². The standard InChI is InChI=1S/C22H22ClNO.ClH/c23-21-15-20(16-24-14-13-18-7-3-1-4-8-18)11-12-22(21)25-17-19-9-5-2-6-10-19;/h1-12,15,24H,13-14,16-17H2;1H. The van der Waals surface area contributed by atoms with Crippen molar-refractivity contribution in [3.8, 4) is 5.75 Å². The second-order valence-electron chi connectivity index (χ2n) is 5.95. The third-order valence-electron chi connectivity index (χ3n) is 4.00. The molecule has 0 radical (unpaired) electrons. The fourth-order valence-electron chi connectivity index (χ4n) is 2.62. The van der Waals surface area contributed by atoms with E-state index in [0.29, 0.717) is 11.6 Å². The summed E-state index contributed by atoms with van der Waals surface area (Å²) in [7, 11) is 0. The van der Waals surface area contributed by atoms with Crippen LogP contribution in [0.3, 0.4) is 0 Å². The van der Waals surface area contributed by atoms with Gasteiger partial charge in [-0.2, -0.15) is 0 Å². The molecule has 0 atom stereocenters. The van der Waals surface area contributed by atoms with Crippen LogP contribution < -0.4 is 10.1 Å². The van der Waals surface area contributed by atoms with Crippen LogP contribution in [0.25, 0.3) is 0 Å². The summed E-state index contributed by atoms with van der Waals surface area (Å²) in [6.45, 7) is 2.26. The molecule has 0 amide bonds. The van der Waals surface area contributed by atoms with Crippen LogP contribution in [0.2, 0.25) is 5.02 Å². The normalized spacial score (nSPS) is 10.2. The minimum absolute atomic E-state index is 0. The number of rotatable bonds is 8. The topological polar surface area (TPSA) is 21.3 Å². The van der Waals surface area contributed by atoms with E-state index >= 15 is 0 Å². The lowest BCUT2D eigenvalue weighted by Crippen LogP contribution is -2.16. The molecule has 0 aliphatic rings. The molecule has 4 heteroatoms.